The molecular weight excluding hydrogens is 655 g/mol. The van der Waals surface area contributed by atoms with Crippen molar-refractivity contribution in [3.63, 3.8) is 0 Å². The summed E-state index contributed by atoms with van der Waals surface area (Å²) in [7, 11) is 0. The molecule has 13 rings (SSSR count). The van der Waals surface area contributed by atoms with Crippen LogP contribution in [-0.2, 0) is 5.41 Å². The van der Waals surface area contributed by atoms with Gasteiger partial charge < -0.3 is 4.42 Å². The molecule has 2 aliphatic rings. The van der Waals surface area contributed by atoms with Gasteiger partial charge in [0.1, 0.15) is 16.8 Å². The van der Waals surface area contributed by atoms with Gasteiger partial charge in [-0.15, -0.1) is 11.3 Å². The summed E-state index contributed by atoms with van der Waals surface area (Å²) in [4.78, 5) is 10.9. The zero-order valence-corrected chi connectivity index (χ0v) is 29.1. The molecule has 0 saturated carbocycles. The quantitative estimate of drug-likeness (QED) is 0.182. The minimum absolute atomic E-state index is 0.0808. The van der Waals surface area contributed by atoms with Crippen molar-refractivity contribution < 1.29 is 4.42 Å². The second kappa shape index (κ2) is 9.13. The summed E-state index contributed by atoms with van der Waals surface area (Å²) in [5.41, 5.74) is 14.1. The van der Waals surface area contributed by atoms with Crippen molar-refractivity contribution in [1.82, 2.24) is 14.5 Å². The standard InChI is InChI=1S/C47H27N3OS/c1-47(2)31-14-5-3-10-26(31)30-23-25(17-19-32(30)47)43-45-44(29-11-4-6-15-35(29)51-45)49-46(48-43)50-33-20-18-24-9-7-12-27-28-13-8-16-36-39(28)42-37(52-36)22-21-34(50)41(42)40(33)38(24)27/h3-23H,1-2H3. The topological polar surface area (TPSA) is 43.9 Å². The molecule has 242 valence electrons. The van der Waals surface area contributed by atoms with Crippen LogP contribution in [0.5, 0.6) is 0 Å². The maximum atomic E-state index is 6.64. The number of furan rings is 1. The first-order chi connectivity index (χ1) is 25.5. The first kappa shape index (κ1) is 27.4. The minimum Gasteiger partial charge on any atom is -0.452 e. The summed E-state index contributed by atoms with van der Waals surface area (Å²) in [6.07, 6.45) is 0. The zero-order chi connectivity index (χ0) is 34.0. The molecule has 0 spiro atoms. The number of benzene rings is 7. The SMILES string of the molecule is CC1(C)c2ccccc2-c2cc(-c3nc(-n4c5ccc6cccc7c6c5c5c6c(ccc54)sc4cccc-7c46)nc4c3oc3ccccc34)ccc21. The zero-order valence-electron chi connectivity index (χ0n) is 28.3. The molecule has 11 aromatic rings. The second-order valence-corrected chi connectivity index (χ2v) is 16.0. The number of nitrogens with zero attached hydrogens (tertiary/aromatic N) is 3. The Labute approximate surface area is 301 Å². The highest BCUT2D eigenvalue weighted by molar-refractivity contribution is 7.26. The summed E-state index contributed by atoms with van der Waals surface area (Å²) in [6.45, 7) is 4.64. The lowest BCUT2D eigenvalue weighted by atomic mass is 9.82. The molecule has 0 aliphatic heterocycles. The summed E-state index contributed by atoms with van der Waals surface area (Å²) >= 11 is 1.88. The third kappa shape index (κ3) is 3.16. The Balaban J connectivity index is 1.18. The predicted octanol–water partition coefficient (Wildman–Crippen LogP) is 12.9. The normalized spacial score (nSPS) is 14.1. The summed E-state index contributed by atoms with van der Waals surface area (Å²) in [5.74, 6) is 0.645. The Morgan fingerprint density at radius 2 is 1.31 bits per heavy atom. The van der Waals surface area contributed by atoms with Crippen LogP contribution in [0.4, 0.5) is 0 Å². The molecule has 2 aliphatic carbocycles. The molecule has 4 nitrogen and oxygen atoms in total. The van der Waals surface area contributed by atoms with E-state index in [1.54, 1.807) is 0 Å². The number of hydrogen-bond donors (Lipinski definition) is 0. The lowest BCUT2D eigenvalue weighted by molar-refractivity contribution is 0.660. The lowest BCUT2D eigenvalue weighted by Crippen LogP contribution is -2.14. The smallest absolute Gasteiger partial charge is 0.236 e. The number of rotatable bonds is 2. The lowest BCUT2D eigenvalue weighted by Gasteiger charge is -2.21. The van der Waals surface area contributed by atoms with Gasteiger partial charge in [0.25, 0.3) is 0 Å². The maximum absolute atomic E-state index is 6.64. The van der Waals surface area contributed by atoms with E-state index in [0.717, 1.165) is 38.8 Å². The molecule has 7 aromatic carbocycles. The molecule has 52 heavy (non-hydrogen) atoms. The highest BCUT2D eigenvalue weighted by Crippen LogP contribution is 2.53. The molecule has 0 N–H and O–H groups in total. The number of para-hydroxylation sites is 1. The van der Waals surface area contributed by atoms with E-state index in [0.29, 0.717) is 11.5 Å². The number of thiophene rings is 1. The van der Waals surface area contributed by atoms with Crippen LogP contribution in [0.25, 0.3) is 114 Å². The maximum Gasteiger partial charge on any atom is 0.236 e. The monoisotopic (exact) mass is 681 g/mol. The van der Waals surface area contributed by atoms with Gasteiger partial charge >= 0.3 is 0 Å². The van der Waals surface area contributed by atoms with E-state index >= 15 is 0 Å². The van der Waals surface area contributed by atoms with Gasteiger partial charge in [0.15, 0.2) is 5.58 Å². The van der Waals surface area contributed by atoms with Gasteiger partial charge in [-0.25, -0.2) is 9.97 Å². The molecule has 0 atom stereocenters. The van der Waals surface area contributed by atoms with Crippen molar-refractivity contribution in [2.24, 2.45) is 0 Å². The van der Waals surface area contributed by atoms with Gasteiger partial charge in [-0.2, -0.15) is 0 Å². The van der Waals surface area contributed by atoms with Crippen molar-refractivity contribution in [1.29, 1.82) is 0 Å². The average molecular weight is 682 g/mol. The first-order valence-electron chi connectivity index (χ1n) is 17.8. The Morgan fingerprint density at radius 1 is 0.577 bits per heavy atom. The van der Waals surface area contributed by atoms with Crippen LogP contribution in [0.1, 0.15) is 25.0 Å². The van der Waals surface area contributed by atoms with E-state index in [-0.39, 0.29) is 5.41 Å². The largest absolute Gasteiger partial charge is 0.452 e. The highest BCUT2D eigenvalue weighted by atomic mass is 32.1. The van der Waals surface area contributed by atoms with E-state index in [9.17, 15) is 0 Å². The molecule has 4 heterocycles. The van der Waals surface area contributed by atoms with E-state index in [1.807, 2.05) is 23.5 Å². The number of aromatic nitrogens is 3. The van der Waals surface area contributed by atoms with Gasteiger partial charge in [0, 0.05) is 47.3 Å². The van der Waals surface area contributed by atoms with Crippen molar-refractivity contribution in [3.8, 4) is 39.5 Å². The van der Waals surface area contributed by atoms with Gasteiger partial charge in [-0.3, -0.25) is 4.57 Å². The van der Waals surface area contributed by atoms with Gasteiger partial charge in [-0.05, 0) is 86.6 Å². The number of hydrogen-bond acceptors (Lipinski definition) is 4. The Kier molecular flexibility index (Phi) is 4.81. The minimum atomic E-state index is -0.0808. The molecule has 0 amide bonds. The molecule has 0 bridgehead atoms. The molecule has 4 aromatic heterocycles. The molecule has 0 unspecified atom stereocenters. The van der Waals surface area contributed by atoms with Gasteiger partial charge in [0.05, 0.1) is 11.0 Å². The predicted molar refractivity (Wildman–Crippen MR) is 216 cm³/mol. The summed E-state index contributed by atoms with van der Waals surface area (Å²) < 4.78 is 11.6. The van der Waals surface area contributed by atoms with Crippen LogP contribution in [-0.4, -0.2) is 14.5 Å². The first-order valence-corrected chi connectivity index (χ1v) is 18.7. The molecule has 0 fully saturated rings. The Hall–Kier alpha value is -6.30. The second-order valence-electron chi connectivity index (χ2n) is 14.9. The van der Waals surface area contributed by atoms with Gasteiger partial charge in [0.2, 0.25) is 5.95 Å². The summed E-state index contributed by atoms with van der Waals surface area (Å²) in [6, 6.07) is 46.4. The van der Waals surface area contributed by atoms with E-state index in [2.05, 4.69) is 134 Å². The van der Waals surface area contributed by atoms with Crippen molar-refractivity contribution in [2.45, 2.75) is 19.3 Å². The fourth-order valence-corrected chi connectivity index (χ4v) is 10.8. The van der Waals surface area contributed by atoms with Crippen molar-refractivity contribution in [3.05, 3.63) is 139 Å². The number of fused-ring (bicyclic) bond motifs is 7. The fourth-order valence-electron chi connectivity index (χ4n) is 9.68. The molecule has 0 radical (unpaired) electrons. The highest BCUT2D eigenvalue weighted by Gasteiger charge is 2.35. The molecular formula is C47H27N3OS. The van der Waals surface area contributed by atoms with E-state index in [1.165, 1.54) is 75.1 Å². The van der Waals surface area contributed by atoms with Crippen LogP contribution in [0.3, 0.4) is 0 Å². The third-order valence-electron chi connectivity index (χ3n) is 12.0. The van der Waals surface area contributed by atoms with E-state index < -0.39 is 0 Å². The average Bonchev–Trinajstić information content (AvgIpc) is 3.88. The van der Waals surface area contributed by atoms with Crippen LogP contribution in [0.2, 0.25) is 0 Å². The van der Waals surface area contributed by atoms with Crippen LogP contribution in [0.15, 0.2) is 132 Å². The Morgan fingerprint density at radius 3 is 2.23 bits per heavy atom. The van der Waals surface area contributed by atoms with Crippen LogP contribution >= 0.6 is 11.3 Å². The third-order valence-corrected chi connectivity index (χ3v) is 13.1. The van der Waals surface area contributed by atoms with Crippen LogP contribution in [0, 0.1) is 0 Å². The van der Waals surface area contributed by atoms with Crippen LogP contribution < -0.4 is 0 Å². The fraction of sp³-hybridized carbons (Fsp3) is 0.0638. The van der Waals surface area contributed by atoms with E-state index in [4.69, 9.17) is 14.4 Å². The summed E-state index contributed by atoms with van der Waals surface area (Å²) in [5, 5.41) is 8.74. The molecule has 5 heteroatoms. The van der Waals surface area contributed by atoms with Gasteiger partial charge in [-0.1, -0.05) is 98.8 Å². The molecule has 0 saturated heterocycles. The van der Waals surface area contributed by atoms with Crippen molar-refractivity contribution >= 4 is 86.2 Å². The Bertz CT molecular complexity index is 3450. The van der Waals surface area contributed by atoms with Crippen molar-refractivity contribution in [2.75, 3.05) is 0 Å².